The lowest BCUT2D eigenvalue weighted by atomic mass is 9.89. The lowest BCUT2D eigenvalue weighted by Gasteiger charge is -2.29. The molecule has 1 aromatic rings. The van der Waals surface area contributed by atoms with E-state index in [1.165, 1.54) is 31.5 Å². The fourth-order valence-corrected chi connectivity index (χ4v) is 2.33. The van der Waals surface area contributed by atoms with E-state index in [1.807, 2.05) is 12.1 Å². The minimum atomic E-state index is 0.148. The molecule has 0 atom stereocenters. The van der Waals surface area contributed by atoms with Gasteiger partial charge < -0.3 is 4.90 Å². The van der Waals surface area contributed by atoms with Gasteiger partial charge in [0.1, 0.15) is 0 Å². The standard InChI is InChI=1S/C14H19NO/c1-11(16)12-3-5-13(6-4-12)14-7-9-15(2)10-8-14/h3-6,14H,7-10H2,1-2H3. The van der Waals surface area contributed by atoms with Crippen molar-refractivity contribution < 1.29 is 4.79 Å². The van der Waals surface area contributed by atoms with Crippen LogP contribution in [-0.4, -0.2) is 30.8 Å². The summed E-state index contributed by atoms with van der Waals surface area (Å²) in [6.07, 6.45) is 2.46. The molecule has 1 aromatic carbocycles. The summed E-state index contributed by atoms with van der Waals surface area (Å²) in [6.45, 7) is 3.98. The van der Waals surface area contributed by atoms with Gasteiger partial charge in [-0.1, -0.05) is 24.3 Å². The van der Waals surface area contributed by atoms with E-state index in [0.717, 1.165) is 5.56 Å². The van der Waals surface area contributed by atoms with Crippen LogP contribution in [0.15, 0.2) is 24.3 Å². The van der Waals surface area contributed by atoms with Crippen LogP contribution >= 0.6 is 0 Å². The smallest absolute Gasteiger partial charge is 0.159 e. The number of ketones is 1. The fourth-order valence-electron chi connectivity index (χ4n) is 2.33. The molecule has 2 rings (SSSR count). The Kier molecular flexibility index (Phi) is 3.39. The highest BCUT2D eigenvalue weighted by atomic mass is 16.1. The molecule has 16 heavy (non-hydrogen) atoms. The van der Waals surface area contributed by atoms with Crippen molar-refractivity contribution in [1.82, 2.24) is 4.90 Å². The van der Waals surface area contributed by atoms with Gasteiger partial charge in [0, 0.05) is 5.56 Å². The average Bonchev–Trinajstić information content (AvgIpc) is 2.30. The van der Waals surface area contributed by atoms with Crippen LogP contribution in [0.25, 0.3) is 0 Å². The Balaban J connectivity index is 2.07. The van der Waals surface area contributed by atoms with Gasteiger partial charge in [0.25, 0.3) is 0 Å². The normalized spacial score (nSPS) is 18.6. The second-order valence-electron chi connectivity index (χ2n) is 4.76. The number of likely N-dealkylation sites (tertiary alicyclic amines) is 1. The number of carbonyl (C=O) groups is 1. The molecule has 86 valence electrons. The molecule has 0 saturated carbocycles. The number of benzene rings is 1. The molecule has 1 aliphatic heterocycles. The fraction of sp³-hybridized carbons (Fsp3) is 0.500. The number of hydrogen-bond donors (Lipinski definition) is 0. The van der Waals surface area contributed by atoms with E-state index in [1.54, 1.807) is 6.92 Å². The van der Waals surface area contributed by atoms with Gasteiger partial charge in [0.05, 0.1) is 0 Å². The molecule has 0 aromatic heterocycles. The first-order valence-corrected chi connectivity index (χ1v) is 5.96. The van der Waals surface area contributed by atoms with E-state index in [4.69, 9.17) is 0 Å². The molecule has 2 nitrogen and oxygen atoms in total. The van der Waals surface area contributed by atoms with Crippen molar-refractivity contribution in [3.05, 3.63) is 35.4 Å². The largest absolute Gasteiger partial charge is 0.306 e. The number of piperidine rings is 1. The van der Waals surface area contributed by atoms with Crippen LogP contribution in [0.4, 0.5) is 0 Å². The van der Waals surface area contributed by atoms with Crippen LogP contribution < -0.4 is 0 Å². The Hall–Kier alpha value is -1.15. The molecule has 0 unspecified atom stereocenters. The van der Waals surface area contributed by atoms with Crippen LogP contribution in [0.2, 0.25) is 0 Å². The van der Waals surface area contributed by atoms with Gasteiger partial charge in [-0.05, 0) is 51.4 Å². The van der Waals surface area contributed by atoms with E-state index >= 15 is 0 Å². The van der Waals surface area contributed by atoms with E-state index in [0.29, 0.717) is 5.92 Å². The van der Waals surface area contributed by atoms with E-state index in [2.05, 4.69) is 24.1 Å². The summed E-state index contributed by atoms with van der Waals surface area (Å²) in [4.78, 5) is 13.5. The summed E-state index contributed by atoms with van der Waals surface area (Å²) in [7, 11) is 2.18. The summed E-state index contributed by atoms with van der Waals surface area (Å²) >= 11 is 0. The maximum absolute atomic E-state index is 11.2. The zero-order valence-corrected chi connectivity index (χ0v) is 10.1. The van der Waals surface area contributed by atoms with Gasteiger partial charge in [-0.15, -0.1) is 0 Å². The predicted molar refractivity (Wildman–Crippen MR) is 65.9 cm³/mol. The summed E-state index contributed by atoms with van der Waals surface area (Å²) in [5.74, 6) is 0.826. The minimum absolute atomic E-state index is 0.148. The van der Waals surface area contributed by atoms with Gasteiger partial charge in [-0.2, -0.15) is 0 Å². The summed E-state index contributed by atoms with van der Waals surface area (Å²) in [5.41, 5.74) is 2.20. The first kappa shape index (κ1) is 11.3. The van der Waals surface area contributed by atoms with Crippen LogP contribution in [0.5, 0.6) is 0 Å². The number of rotatable bonds is 2. The first-order valence-electron chi connectivity index (χ1n) is 5.96. The number of nitrogens with zero attached hydrogens (tertiary/aromatic N) is 1. The van der Waals surface area contributed by atoms with Crippen LogP contribution in [0.1, 0.15) is 41.6 Å². The molecule has 0 spiro atoms. The second-order valence-corrected chi connectivity index (χ2v) is 4.76. The Morgan fingerprint density at radius 3 is 2.25 bits per heavy atom. The average molecular weight is 217 g/mol. The molecule has 0 aliphatic carbocycles. The molecular formula is C14H19NO. The van der Waals surface area contributed by atoms with Crippen LogP contribution in [-0.2, 0) is 0 Å². The van der Waals surface area contributed by atoms with Gasteiger partial charge in [-0.25, -0.2) is 0 Å². The first-order chi connectivity index (χ1) is 7.66. The third-order valence-electron chi connectivity index (χ3n) is 3.51. The Morgan fingerprint density at radius 1 is 1.19 bits per heavy atom. The van der Waals surface area contributed by atoms with Crippen molar-refractivity contribution in [2.75, 3.05) is 20.1 Å². The molecule has 0 N–H and O–H groups in total. The van der Waals surface area contributed by atoms with Gasteiger partial charge in [0.2, 0.25) is 0 Å². The molecule has 1 fully saturated rings. The second kappa shape index (κ2) is 4.79. The van der Waals surface area contributed by atoms with Gasteiger partial charge in [0.15, 0.2) is 5.78 Å². The monoisotopic (exact) mass is 217 g/mol. The molecule has 1 heterocycles. The van der Waals surface area contributed by atoms with Crippen molar-refractivity contribution in [3.8, 4) is 0 Å². The highest BCUT2D eigenvalue weighted by Crippen LogP contribution is 2.27. The lowest BCUT2D eigenvalue weighted by molar-refractivity contribution is 0.101. The third-order valence-corrected chi connectivity index (χ3v) is 3.51. The van der Waals surface area contributed by atoms with Crippen molar-refractivity contribution in [1.29, 1.82) is 0 Å². The van der Waals surface area contributed by atoms with Gasteiger partial charge >= 0.3 is 0 Å². The molecule has 0 amide bonds. The maximum Gasteiger partial charge on any atom is 0.159 e. The van der Waals surface area contributed by atoms with Crippen molar-refractivity contribution >= 4 is 5.78 Å². The molecule has 1 aliphatic rings. The Morgan fingerprint density at radius 2 is 1.75 bits per heavy atom. The zero-order valence-electron chi connectivity index (χ0n) is 10.1. The Bertz CT molecular complexity index is 361. The van der Waals surface area contributed by atoms with E-state index in [9.17, 15) is 4.79 Å². The van der Waals surface area contributed by atoms with E-state index < -0.39 is 0 Å². The molecule has 1 saturated heterocycles. The molecular weight excluding hydrogens is 198 g/mol. The topological polar surface area (TPSA) is 20.3 Å². The van der Waals surface area contributed by atoms with E-state index in [-0.39, 0.29) is 5.78 Å². The SMILES string of the molecule is CC(=O)c1ccc(C2CCN(C)CC2)cc1. The highest BCUT2D eigenvalue weighted by molar-refractivity contribution is 5.94. The van der Waals surface area contributed by atoms with Gasteiger partial charge in [-0.3, -0.25) is 4.79 Å². The summed E-state index contributed by atoms with van der Waals surface area (Å²) in [5, 5.41) is 0. The Labute approximate surface area is 97.3 Å². The highest BCUT2D eigenvalue weighted by Gasteiger charge is 2.18. The molecule has 2 heteroatoms. The number of carbonyl (C=O) groups excluding carboxylic acids is 1. The summed E-state index contributed by atoms with van der Waals surface area (Å²) < 4.78 is 0. The zero-order chi connectivity index (χ0) is 11.5. The number of Topliss-reactive ketones (excluding diaryl/α,β-unsaturated/α-hetero) is 1. The summed E-state index contributed by atoms with van der Waals surface area (Å²) in [6, 6.07) is 8.14. The predicted octanol–water partition coefficient (Wildman–Crippen LogP) is 2.70. The molecule has 0 radical (unpaired) electrons. The minimum Gasteiger partial charge on any atom is -0.306 e. The van der Waals surface area contributed by atoms with Crippen molar-refractivity contribution in [3.63, 3.8) is 0 Å². The van der Waals surface area contributed by atoms with Crippen LogP contribution in [0.3, 0.4) is 0 Å². The molecule has 0 bridgehead atoms. The third kappa shape index (κ3) is 2.50. The number of hydrogen-bond acceptors (Lipinski definition) is 2. The van der Waals surface area contributed by atoms with Crippen molar-refractivity contribution in [2.45, 2.75) is 25.7 Å². The van der Waals surface area contributed by atoms with Crippen molar-refractivity contribution in [2.24, 2.45) is 0 Å². The quantitative estimate of drug-likeness (QED) is 0.710. The lowest BCUT2D eigenvalue weighted by Crippen LogP contribution is -2.29. The van der Waals surface area contributed by atoms with Crippen LogP contribution in [0, 0.1) is 0 Å². The maximum atomic E-state index is 11.2.